The number of nitrogens with zero attached hydrogens (tertiary/aromatic N) is 2. The monoisotopic (exact) mass is 369 g/mol. The molecule has 0 saturated heterocycles. The van der Waals surface area contributed by atoms with Crippen LogP contribution in [0.1, 0.15) is 12.6 Å². The van der Waals surface area contributed by atoms with Crippen molar-refractivity contribution in [2.75, 3.05) is 6.54 Å². The summed E-state index contributed by atoms with van der Waals surface area (Å²) in [5.41, 5.74) is 0.885. The van der Waals surface area contributed by atoms with Crippen molar-refractivity contribution in [1.82, 2.24) is 14.7 Å². The lowest BCUT2D eigenvalue weighted by Gasteiger charge is -2.07. The van der Waals surface area contributed by atoms with Gasteiger partial charge in [0.2, 0.25) is 5.88 Å². The fraction of sp³-hybridized carbons (Fsp3) is 0.214. The molecule has 0 amide bonds. The van der Waals surface area contributed by atoms with E-state index in [1.807, 2.05) is 22.9 Å². The summed E-state index contributed by atoms with van der Waals surface area (Å²) in [6.45, 7) is 3.48. The van der Waals surface area contributed by atoms with Crippen LogP contribution in [0.15, 0.2) is 34.2 Å². The molecule has 0 atom stereocenters. The number of benzene rings is 1. The second-order valence-electron chi connectivity index (χ2n) is 4.38. The SMILES string of the molecule is CCNCc1c(Oc2ccc(Br)cc2F)nc2sccn12. The van der Waals surface area contributed by atoms with Gasteiger partial charge in [0.1, 0.15) is 5.69 Å². The lowest BCUT2D eigenvalue weighted by Crippen LogP contribution is -2.13. The maximum atomic E-state index is 13.9. The first-order valence-corrected chi connectivity index (χ1v) is 8.14. The van der Waals surface area contributed by atoms with E-state index < -0.39 is 5.82 Å². The molecule has 2 heterocycles. The number of hydrogen-bond donors (Lipinski definition) is 1. The maximum Gasteiger partial charge on any atom is 0.243 e. The van der Waals surface area contributed by atoms with Gasteiger partial charge in [-0.15, -0.1) is 11.3 Å². The third kappa shape index (κ3) is 2.95. The quantitative estimate of drug-likeness (QED) is 0.732. The van der Waals surface area contributed by atoms with E-state index in [0.717, 1.165) is 17.2 Å². The van der Waals surface area contributed by atoms with Gasteiger partial charge in [-0.1, -0.05) is 22.9 Å². The van der Waals surface area contributed by atoms with Crippen LogP contribution in [0.2, 0.25) is 0 Å². The number of halogens is 2. The van der Waals surface area contributed by atoms with Crippen molar-refractivity contribution in [3.05, 3.63) is 45.8 Å². The van der Waals surface area contributed by atoms with Crippen molar-refractivity contribution >= 4 is 32.2 Å². The number of nitrogens with one attached hydrogen (secondary N) is 1. The van der Waals surface area contributed by atoms with E-state index in [4.69, 9.17) is 4.74 Å². The summed E-state index contributed by atoms with van der Waals surface area (Å²) in [6.07, 6.45) is 1.93. The Morgan fingerprint density at radius 1 is 1.48 bits per heavy atom. The molecule has 0 bridgehead atoms. The smallest absolute Gasteiger partial charge is 0.243 e. The van der Waals surface area contributed by atoms with Gasteiger partial charge < -0.3 is 10.1 Å². The van der Waals surface area contributed by atoms with Crippen LogP contribution in [0, 0.1) is 5.82 Å². The van der Waals surface area contributed by atoms with Crippen molar-refractivity contribution in [2.24, 2.45) is 0 Å². The summed E-state index contributed by atoms with van der Waals surface area (Å²) in [5.74, 6) is 0.181. The van der Waals surface area contributed by atoms with Crippen molar-refractivity contribution in [3.8, 4) is 11.6 Å². The van der Waals surface area contributed by atoms with Gasteiger partial charge in [-0.3, -0.25) is 4.40 Å². The molecule has 0 unspecified atom stereocenters. The zero-order valence-electron chi connectivity index (χ0n) is 11.3. The molecule has 3 rings (SSSR count). The third-order valence-electron chi connectivity index (χ3n) is 2.97. The molecule has 110 valence electrons. The number of aromatic nitrogens is 2. The maximum absolute atomic E-state index is 13.9. The third-order valence-corrected chi connectivity index (χ3v) is 4.22. The predicted octanol–water partition coefficient (Wildman–Crippen LogP) is 4.20. The van der Waals surface area contributed by atoms with E-state index in [2.05, 4.69) is 26.2 Å². The van der Waals surface area contributed by atoms with Crippen LogP contribution in [0.4, 0.5) is 4.39 Å². The topological polar surface area (TPSA) is 38.6 Å². The molecule has 0 aliphatic carbocycles. The van der Waals surface area contributed by atoms with Crippen molar-refractivity contribution < 1.29 is 9.13 Å². The molecule has 1 aromatic carbocycles. The molecule has 0 saturated carbocycles. The average molecular weight is 370 g/mol. The zero-order chi connectivity index (χ0) is 14.8. The van der Waals surface area contributed by atoms with E-state index in [9.17, 15) is 4.39 Å². The summed E-state index contributed by atoms with van der Waals surface area (Å²) in [6, 6.07) is 4.70. The molecule has 0 fully saturated rings. The molecular formula is C14H13BrFN3OS. The highest BCUT2D eigenvalue weighted by Crippen LogP contribution is 2.30. The van der Waals surface area contributed by atoms with Crippen LogP contribution < -0.4 is 10.1 Å². The summed E-state index contributed by atoms with van der Waals surface area (Å²) in [7, 11) is 0. The van der Waals surface area contributed by atoms with Gasteiger partial charge in [0.15, 0.2) is 16.5 Å². The van der Waals surface area contributed by atoms with Crippen LogP contribution >= 0.6 is 27.3 Å². The highest BCUT2D eigenvalue weighted by atomic mass is 79.9. The Hall–Kier alpha value is -1.44. The molecule has 0 spiro atoms. The van der Waals surface area contributed by atoms with Crippen molar-refractivity contribution in [2.45, 2.75) is 13.5 Å². The number of hydrogen-bond acceptors (Lipinski definition) is 4. The Bertz CT molecular complexity index is 771. The molecule has 0 radical (unpaired) electrons. The fourth-order valence-corrected chi connectivity index (χ4v) is 3.02. The Morgan fingerprint density at radius 3 is 3.10 bits per heavy atom. The molecule has 1 N–H and O–H groups in total. The molecule has 2 aromatic heterocycles. The van der Waals surface area contributed by atoms with E-state index in [1.54, 1.807) is 12.1 Å². The second kappa shape index (κ2) is 6.13. The van der Waals surface area contributed by atoms with E-state index >= 15 is 0 Å². The Morgan fingerprint density at radius 2 is 2.33 bits per heavy atom. The first-order valence-electron chi connectivity index (χ1n) is 6.47. The molecule has 4 nitrogen and oxygen atoms in total. The van der Waals surface area contributed by atoms with Gasteiger partial charge >= 0.3 is 0 Å². The summed E-state index contributed by atoms with van der Waals surface area (Å²) < 4.78 is 22.2. The van der Waals surface area contributed by atoms with Crippen molar-refractivity contribution in [3.63, 3.8) is 0 Å². The van der Waals surface area contributed by atoms with Gasteiger partial charge in [0.05, 0.1) is 0 Å². The number of fused-ring (bicyclic) bond motifs is 1. The van der Waals surface area contributed by atoms with E-state index in [-0.39, 0.29) is 5.75 Å². The predicted molar refractivity (Wildman–Crippen MR) is 84.6 cm³/mol. The summed E-state index contributed by atoms with van der Waals surface area (Å²) in [4.78, 5) is 5.25. The molecular weight excluding hydrogens is 357 g/mol. The van der Waals surface area contributed by atoms with Crippen LogP contribution in [0.3, 0.4) is 0 Å². The number of thiazole rings is 1. The molecule has 21 heavy (non-hydrogen) atoms. The Labute approximate surface area is 133 Å². The average Bonchev–Trinajstić information content (AvgIpc) is 3.01. The highest BCUT2D eigenvalue weighted by molar-refractivity contribution is 9.10. The van der Waals surface area contributed by atoms with Gasteiger partial charge in [-0.05, 0) is 24.7 Å². The van der Waals surface area contributed by atoms with Crippen molar-refractivity contribution in [1.29, 1.82) is 0 Å². The normalized spacial score (nSPS) is 11.2. The number of ether oxygens (including phenoxy) is 1. The molecule has 7 heteroatoms. The minimum Gasteiger partial charge on any atom is -0.434 e. The zero-order valence-corrected chi connectivity index (χ0v) is 13.7. The minimum absolute atomic E-state index is 0.168. The molecule has 3 aromatic rings. The largest absolute Gasteiger partial charge is 0.434 e. The van der Waals surface area contributed by atoms with Crippen LogP contribution in [-0.4, -0.2) is 15.9 Å². The van der Waals surface area contributed by atoms with Crippen LogP contribution in [0.5, 0.6) is 11.6 Å². The Kier molecular flexibility index (Phi) is 4.23. The van der Waals surface area contributed by atoms with Gasteiger partial charge in [0.25, 0.3) is 0 Å². The first-order chi connectivity index (χ1) is 10.2. The van der Waals surface area contributed by atoms with Crippen LogP contribution in [0.25, 0.3) is 4.96 Å². The number of rotatable bonds is 5. The highest BCUT2D eigenvalue weighted by Gasteiger charge is 2.16. The minimum atomic E-state index is -0.421. The number of imidazole rings is 1. The lowest BCUT2D eigenvalue weighted by atomic mass is 10.3. The van der Waals surface area contributed by atoms with Crippen LogP contribution in [-0.2, 0) is 6.54 Å². The molecule has 0 aliphatic rings. The standard InChI is InChI=1S/C14H13BrFN3OS/c1-2-17-8-11-13(18-14-19(11)5-6-21-14)20-12-4-3-9(15)7-10(12)16/h3-7,17H,2,8H2,1H3. The summed E-state index contributed by atoms with van der Waals surface area (Å²) in [5, 5.41) is 5.21. The van der Waals surface area contributed by atoms with E-state index in [1.165, 1.54) is 17.4 Å². The van der Waals surface area contributed by atoms with E-state index in [0.29, 0.717) is 16.9 Å². The van der Waals surface area contributed by atoms with Gasteiger partial charge in [0, 0.05) is 22.6 Å². The fourth-order valence-electron chi connectivity index (χ4n) is 1.96. The lowest BCUT2D eigenvalue weighted by molar-refractivity contribution is 0.422. The second-order valence-corrected chi connectivity index (χ2v) is 6.17. The first kappa shape index (κ1) is 14.5. The van der Waals surface area contributed by atoms with Gasteiger partial charge in [-0.25, -0.2) is 4.39 Å². The Balaban J connectivity index is 1.97. The summed E-state index contributed by atoms with van der Waals surface area (Å²) >= 11 is 4.74. The van der Waals surface area contributed by atoms with Gasteiger partial charge in [-0.2, -0.15) is 4.98 Å². The molecule has 0 aliphatic heterocycles.